The highest BCUT2D eigenvalue weighted by molar-refractivity contribution is 6.31. The molecule has 0 saturated carbocycles. The van der Waals surface area contributed by atoms with Gasteiger partial charge in [0.2, 0.25) is 0 Å². The Morgan fingerprint density at radius 3 is 2.86 bits per heavy atom. The van der Waals surface area contributed by atoms with E-state index in [0.29, 0.717) is 0 Å². The van der Waals surface area contributed by atoms with Crippen LogP contribution in [-0.2, 0) is 4.79 Å². The SMILES string of the molecule is COc1ncc(Cl)c(C(C)C(=O)[O-])n1. The lowest BCUT2D eigenvalue weighted by molar-refractivity contribution is -0.307. The summed E-state index contributed by atoms with van der Waals surface area (Å²) in [5, 5.41) is 10.8. The maximum atomic E-state index is 10.6. The van der Waals surface area contributed by atoms with Gasteiger partial charge in [-0.05, 0) is 0 Å². The van der Waals surface area contributed by atoms with Crippen molar-refractivity contribution in [1.82, 2.24) is 9.97 Å². The third-order valence-electron chi connectivity index (χ3n) is 1.70. The van der Waals surface area contributed by atoms with E-state index < -0.39 is 11.9 Å². The number of hydrogen-bond acceptors (Lipinski definition) is 5. The summed E-state index contributed by atoms with van der Waals surface area (Å²) in [4.78, 5) is 18.1. The number of aromatic nitrogens is 2. The molecular formula is C8H8ClN2O3-. The first-order chi connectivity index (χ1) is 6.56. The Balaban J connectivity index is 3.11. The molecule has 5 nitrogen and oxygen atoms in total. The standard InChI is InChI=1S/C8H9ClN2O3/c1-4(7(12)13)6-5(9)3-10-8(11-6)14-2/h3-4H,1-2H3,(H,12,13)/p-1. The molecule has 0 aliphatic carbocycles. The van der Waals surface area contributed by atoms with Crippen LogP contribution >= 0.6 is 11.6 Å². The van der Waals surface area contributed by atoms with Crippen molar-refractivity contribution in [2.24, 2.45) is 0 Å². The summed E-state index contributed by atoms with van der Waals surface area (Å²) < 4.78 is 4.75. The minimum absolute atomic E-state index is 0.0810. The van der Waals surface area contributed by atoms with E-state index in [9.17, 15) is 9.90 Å². The van der Waals surface area contributed by atoms with Crippen molar-refractivity contribution in [3.63, 3.8) is 0 Å². The predicted molar refractivity (Wildman–Crippen MR) is 47.0 cm³/mol. The van der Waals surface area contributed by atoms with Crippen LogP contribution in [0.1, 0.15) is 18.5 Å². The summed E-state index contributed by atoms with van der Waals surface area (Å²) in [7, 11) is 1.39. The van der Waals surface area contributed by atoms with Crippen molar-refractivity contribution in [3.05, 3.63) is 16.9 Å². The zero-order valence-corrected chi connectivity index (χ0v) is 8.41. The van der Waals surface area contributed by atoms with Crippen LogP contribution in [0.3, 0.4) is 0 Å². The molecule has 0 fully saturated rings. The second kappa shape index (κ2) is 4.23. The van der Waals surface area contributed by atoms with Gasteiger partial charge in [-0.25, -0.2) is 4.98 Å². The Hall–Kier alpha value is -1.36. The van der Waals surface area contributed by atoms with Crippen LogP contribution in [0.2, 0.25) is 5.02 Å². The maximum absolute atomic E-state index is 10.6. The van der Waals surface area contributed by atoms with E-state index in [4.69, 9.17) is 16.3 Å². The molecule has 14 heavy (non-hydrogen) atoms. The quantitative estimate of drug-likeness (QED) is 0.709. The molecule has 0 aromatic carbocycles. The number of carboxylic acid groups (broad SMARTS) is 1. The lowest BCUT2D eigenvalue weighted by atomic mass is 10.1. The van der Waals surface area contributed by atoms with E-state index in [1.165, 1.54) is 20.2 Å². The number of methoxy groups -OCH3 is 1. The van der Waals surface area contributed by atoms with E-state index in [0.717, 1.165) is 0 Å². The predicted octanol–water partition coefficient (Wildman–Crippen LogP) is -0.00800. The van der Waals surface area contributed by atoms with E-state index in [1.54, 1.807) is 0 Å². The van der Waals surface area contributed by atoms with Gasteiger partial charge < -0.3 is 14.6 Å². The normalized spacial score (nSPS) is 12.2. The molecule has 0 N–H and O–H groups in total. The summed E-state index contributed by atoms with van der Waals surface area (Å²) in [6, 6.07) is 0.0810. The number of carbonyl (C=O) groups excluding carboxylic acids is 1. The number of ether oxygens (including phenoxy) is 1. The average Bonchev–Trinajstić information content (AvgIpc) is 2.17. The first-order valence-corrected chi connectivity index (χ1v) is 4.21. The highest BCUT2D eigenvalue weighted by atomic mass is 35.5. The number of rotatable bonds is 3. The molecule has 0 aliphatic rings. The van der Waals surface area contributed by atoms with Gasteiger partial charge in [-0.2, -0.15) is 4.98 Å². The number of hydrogen-bond donors (Lipinski definition) is 0. The molecule has 0 amide bonds. The molecule has 1 heterocycles. The van der Waals surface area contributed by atoms with Gasteiger partial charge in [0.1, 0.15) is 0 Å². The smallest absolute Gasteiger partial charge is 0.316 e. The minimum atomic E-state index is -1.24. The zero-order valence-electron chi connectivity index (χ0n) is 7.65. The van der Waals surface area contributed by atoms with Gasteiger partial charge in [-0.3, -0.25) is 0 Å². The fraction of sp³-hybridized carbons (Fsp3) is 0.375. The van der Waals surface area contributed by atoms with Gasteiger partial charge in [0.25, 0.3) is 0 Å². The Bertz CT molecular complexity index is 356. The Morgan fingerprint density at radius 2 is 2.36 bits per heavy atom. The van der Waals surface area contributed by atoms with E-state index >= 15 is 0 Å². The highest BCUT2D eigenvalue weighted by Crippen LogP contribution is 2.22. The average molecular weight is 216 g/mol. The number of nitrogens with zero attached hydrogens (tertiary/aromatic N) is 2. The second-order valence-corrected chi connectivity index (χ2v) is 3.04. The molecule has 0 bridgehead atoms. The highest BCUT2D eigenvalue weighted by Gasteiger charge is 2.14. The van der Waals surface area contributed by atoms with Gasteiger partial charge >= 0.3 is 6.01 Å². The molecule has 0 saturated heterocycles. The number of aliphatic carboxylic acids is 1. The Labute approximate surface area is 85.7 Å². The lowest BCUT2D eigenvalue weighted by Gasteiger charge is -2.13. The number of carboxylic acids is 1. The monoisotopic (exact) mass is 215 g/mol. The topological polar surface area (TPSA) is 75.1 Å². The summed E-state index contributed by atoms with van der Waals surface area (Å²) >= 11 is 5.72. The zero-order chi connectivity index (χ0) is 10.7. The van der Waals surface area contributed by atoms with Crippen LogP contribution < -0.4 is 9.84 Å². The maximum Gasteiger partial charge on any atom is 0.316 e. The fourth-order valence-corrected chi connectivity index (χ4v) is 1.13. The van der Waals surface area contributed by atoms with Gasteiger partial charge in [0.05, 0.1) is 30.0 Å². The molecule has 1 aromatic rings. The third kappa shape index (κ3) is 2.11. The van der Waals surface area contributed by atoms with Crippen LogP contribution in [0.5, 0.6) is 6.01 Å². The second-order valence-electron chi connectivity index (χ2n) is 2.63. The summed E-state index contributed by atoms with van der Waals surface area (Å²) in [5.74, 6) is -2.13. The van der Waals surface area contributed by atoms with E-state index in [-0.39, 0.29) is 16.7 Å². The van der Waals surface area contributed by atoms with E-state index in [1.807, 2.05) is 0 Å². The molecule has 1 unspecified atom stereocenters. The van der Waals surface area contributed by atoms with Crippen LogP contribution in [-0.4, -0.2) is 23.0 Å². The molecule has 1 rings (SSSR count). The van der Waals surface area contributed by atoms with Gasteiger partial charge in [-0.15, -0.1) is 0 Å². The van der Waals surface area contributed by atoms with Crippen LogP contribution in [0.15, 0.2) is 6.20 Å². The van der Waals surface area contributed by atoms with Gasteiger partial charge in [0, 0.05) is 5.92 Å². The van der Waals surface area contributed by atoms with Crippen molar-refractivity contribution in [2.45, 2.75) is 12.8 Å². The fourth-order valence-electron chi connectivity index (χ4n) is 0.877. The summed E-state index contributed by atoms with van der Waals surface area (Å²) in [6.45, 7) is 1.43. The van der Waals surface area contributed by atoms with Crippen molar-refractivity contribution in [2.75, 3.05) is 7.11 Å². The van der Waals surface area contributed by atoms with Crippen molar-refractivity contribution in [1.29, 1.82) is 0 Å². The van der Waals surface area contributed by atoms with Crippen LogP contribution in [0, 0.1) is 0 Å². The largest absolute Gasteiger partial charge is 0.549 e. The number of carbonyl (C=O) groups is 1. The Kier molecular flexibility index (Phi) is 3.24. The molecule has 1 aromatic heterocycles. The van der Waals surface area contributed by atoms with E-state index in [2.05, 4.69) is 9.97 Å². The van der Waals surface area contributed by atoms with Crippen LogP contribution in [0.4, 0.5) is 0 Å². The molecule has 1 atom stereocenters. The summed E-state index contributed by atoms with van der Waals surface area (Å²) in [5.41, 5.74) is 0.193. The molecule has 0 radical (unpaired) electrons. The third-order valence-corrected chi connectivity index (χ3v) is 1.99. The summed E-state index contributed by atoms with van der Waals surface area (Å²) in [6.07, 6.45) is 1.29. The lowest BCUT2D eigenvalue weighted by Crippen LogP contribution is -2.28. The van der Waals surface area contributed by atoms with Crippen molar-refractivity contribution < 1.29 is 14.6 Å². The van der Waals surface area contributed by atoms with Gasteiger partial charge in [0.15, 0.2) is 0 Å². The number of halogens is 1. The first kappa shape index (κ1) is 10.7. The van der Waals surface area contributed by atoms with Gasteiger partial charge in [-0.1, -0.05) is 18.5 Å². The Morgan fingerprint density at radius 1 is 1.71 bits per heavy atom. The molecule has 0 spiro atoms. The molecule has 76 valence electrons. The molecule has 0 aliphatic heterocycles. The van der Waals surface area contributed by atoms with Crippen LogP contribution in [0.25, 0.3) is 0 Å². The minimum Gasteiger partial charge on any atom is -0.549 e. The first-order valence-electron chi connectivity index (χ1n) is 3.83. The van der Waals surface area contributed by atoms with Crippen molar-refractivity contribution >= 4 is 17.6 Å². The van der Waals surface area contributed by atoms with Crippen molar-refractivity contribution in [3.8, 4) is 6.01 Å². The molecule has 6 heteroatoms. The molecular weight excluding hydrogens is 208 g/mol.